The smallest absolute Gasteiger partial charge is 0.316 e. The van der Waals surface area contributed by atoms with Crippen LogP contribution >= 0.6 is 11.8 Å². The molecule has 0 bridgehead atoms. The van der Waals surface area contributed by atoms with Crippen LogP contribution in [0.4, 0.5) is 0 Å². The van der Waals surface area contributed by atoms with Crippen molar-refractivity contribution in [3.8, 4) is 5.69 Å². The van der Waals surface area contributed by atoms with Crippen molar-refractivity contribution in [2.24, 2.45) is 0 Å². The Labute approximate surface area is 140 Å². The molecule has 0 N–H and O–H groups in total. The van der Waals surface area contributed by atoms with Gasteiger partial charge in [0.05, 0.1) is 5.75 Å². The van der Waals surface area contributed by atoms with Gasteiger partial charge in [0.1, 0.15) is 12.2 Å². The molecule has 7 heteroatoms. The second kappa shape index (κ2) is 7.61. The van der Waals surface area contributed by atoms with Crippen LogP contribution < -0.4 is 0 Å². The monoisotopic (exact) mass is 335 g/mol. The molecule has 2 aromatic rings. The number of aromatic nitrogens is 3. The van der Waals surface area contributed by atoms with Gasteiger partial charge < -0.3 is 9.47 Å². The first kappa shape index (κ1) is 17.5. The van der Waals surface area contributed by atoms with E-state index in [1.165, 1.54) is 11.8 Å². The molecule has 0 fully saturated rings. The molecule has 0 aliphatic rings. The zero-order valence-electron chi connectivity index (χ0n) is 13.8. The Morgan fingerprint density at radius 3 is 2.52 bits per heavy atom. The molecule has 0 saturated heterocycles. The van der Waals surface area contributed by atoms with E-state index in [0.717, 1.165) is 5.69 Å². The molecular weight excluding hydrogens is 314 g/mol. The number of carbonyl (C=O) groups excluding carboxylic acids is 1. The van der Waals surface area contributed by atoms with Crippen molar-refractivity contribution in [3.05, 3.63) is 36.2 Å². The lowest BCUT2D eigenvalue weighted by atomic mass is 10.2. The number of benzene rings is 1. The highest BCUT2D eigenvalue weighted by atomic mass is 32.2. The van der Waals surface area contributed by atoms with Gasteiger partial charge in [0.25, 0.3) is 0 Å². The van der Waals surface area contributed by atoms with Crippen LogP contribution in [0.3, 0.4) is 0 Å². The summed E-state index contributed by atoms with van der Waals surface area (Å²) in [6.07, 6.45) is 0. The maximum Gasteiger partial charge on any atom is 0.316 e. The van der Waals surface area contributed by atoms with Gasteiger partial charge in [-0.25, -0.2) is 0 Å². The van der Waals surface area contributed by atoms with Crippen LogP contribution in [0, 0.1) is 0 Å². The fourth-order valence-corrected chi connectivity index (χ4v) is 2.69. The maximum absolute atomic E-state index is 11.9. The van der Waals surface area contributed by atoms with E-state index in [-0.39, 0.29) is 11.7 Å². The molecular formula is C16H21N3O3S. The number of rotatable bonds is 6. The highest BCUT2D eigenvalue weighted by Crippen LogP contribution is 2.23. The second-order valence-corrected chi connectivity index (χ2v) is 6.82. The Balaban J connectivity index is 2.18. The lowest BCUT2D eigenvalue weighted by molar-refractivity contribution is -0.151. The van der Waals surface area contributed by atoms with Crippen LogP contribution in [-0.4, -0.2) is 39.2 Å². The highest BCUT2D eigenvalue weighted by molar-refractivity contribution is 7.99. The molecule has 0 unspecified atom stereocenters. The zero-order chi connectivity index (χ0) is 16.9. The lowest BCUT2D eigenvalue weighted by Gasteiger charge is -2.19. The maximum atomic E-state index is 11.9. The highest BCUT2D eigenvalue weighted by Gasteiger charge is 2.19. The fourth-order valence-electron chi connectivity index (χ4n) is 1.95. The summed E-state index contributed by atoms with van der Waals surface area (Å²) in [5.41, 5.74) is 0.433. The van der Waals surface area contributed by atoms with Crippen molar-refractivity contribution in [1.29, 1.82) is 0 Å². The molecule has 0 radical (unpaired) electrons. The SMILES string of the molecule is COCc1nnc(SCC(=O)OC(C)(C)C)n1-c1ccccc1. The molecule has 6 nitrogen and oxygen atoms in total. The van der Waals surface area contributed by atoms with E-state index in [0.29, 0.717) is 17.6 Å². The van der Waals surface area contributed by atoms with E-state index in [1.807, 2.05) is 55.7 Å². The van der Waals surface area contributed by atoms with Gasteiger partial charge in [0.15, 0.2) is 11.0 Å². The molecule has 0 aliphatic carbocycles. The molecule has 124 valence electrons. The summed E-state index contributed by atoms with van der Waals surface area (Å²) >= 11 is 1.30. The van der Waals surface area contributed by atoms with Crippen LogP contribution in [0.2, 0.25) is 0 Å². The van der Waals surface area contributed by atoms with Gasteiger partial charge in [-0.1, -0.05) is 30.0 Å². The average Bonchev–Trinajstić information content (AvgIpc) is 2.87. The average molecular weight is 335 g/mol. The molecule has 0 amide bonds. The number of thioether (sulfide) groups is 1. The third-order valence-corrected chi connectivity index (χ3v) is 3.63. The van der Waals surface area contributed by atoms with E-state index in [4.69, 9.17) is 9.47 Å². The number of carbonyl (C=O) groups is 1. The first-order chi connectivity index (χ1) is 10.9. The van der Waals surface area contributed by atoms with Gasteiger partial charge in [0, 0.05) is 12.8 Å². The zero-order valence-corrected chi connectivity index (χ0v) is 14.6. The molecule has 1 heterocycles. The largest absolute Gasteiger partial charge is 0.459 e. The minimum Gasteiger partial charge on any atom is -0.459 e. The quantitative estimate of drug-likeness (QED) is 0.597. The van der Waals surface area contributed by atoms with E-state index < -0.39 is 5.60 Å². The van der Waals surface area contributed by atoms with Gasteiger partial charge in [-0.05, 0) is 32.9 Å². The third-order valence-electron chi connectivity index (χ3n) is 2.73. The van der Waals surface area contributed by atoms with Crippen molar-refractivity contribution < 1.29 is 14.3 Å². The normalized spacial score (nSPS) is 11.5. The molecule has 0 atom stereocenters. The fraction of sp³-hybridized carbons (Fsp3) is 0.438. The Bertz CT molecular complexity index is 650. The topological polar surface area (TPSA) is 66.2 Å². The predicted molar refractivity (Wildman–Crippen MR) is 88.6 cm³/mol. The van der Waals surface area contributed by atoms with Crippen molar-refractivity contribution in [2.45, 2.75) is 38.1 Å². The Morgan fingerprint density at radius 1 is 1.22 bits per heavy atom. The Kier molecular flexibility index (Phi) is 5.79. The molecule has 2 rings (SSSR count). The Morgan fingerprint density at radius 2 is 1.91 bits per heavy atom. The predicted octanol–water partition coefficient (Wildman–Crippen LogP) is 2.85. The van der Waals surface area contributed by atoms with Crippen molar-refractivity contribution in [2.75, 3.05) is 12.9 Å². The molecule has 0 spiro atoms. The lowest BCUT2D eigenvalue weighted by Crippen LogP contribution is -2.25. The first-order valence-corrected chi connectivity index (χ1v) is 8.22. The van der Waals surface area contributed by atoms with Gasteiger partial charge in [-0.15, -0.1) is 10.2 Å². The number of esters is 1. The summed E-state index contributed by atoms with van der Waals surface area (Å²) in [5, 5.41) is 8.95. The molecule has 23 heavy (non-hydrogen) atoms. The molecule has 0 saturated carbocycles. The standard InChI is InChI=1S/C16H21N3O3S/c1-16(2,3)22-14(20)11-23-15-18-17-13(10-21-4)19(15)12-8-6-5-7-9-12/h5-9H,10-11H2,1-4H3. The summed E-state index contributed by atoms with van der Waals surface area (Å²) in [6, 6.07) is 9.74. The van der Waals surface area contributed by atoms with Gasteiger partial charge in [-0.2, -0.15) is 0 Å². The van der Waals surface area contributed by atoms with Gasteiger partial charge in [0.2, 0.25) is 0 Å². The number of para-hydroxylation sites is 1. The minimum absolute atomic E-state index is 0.176. The van der Waals surface area contributed by atoms with E-state index in [1.54, 1.807) is 7.11 Å². The summed E-state index contributed by atoms with van der Waals surface area (Å²) in [7, 11) is 1.61. The number of hydrogen-bond acceptors (Lipinski definition) is 6. The van der Waals surface area contributed by atoms with Crippen LogP contribution in [0.5, 0.6) is 0 Å². The van der Waals surface area contributed by atoms with Crippen molar-refractivity contribution >= 4 is 17.7 Å². The number of ether oxygens (including phenoxy) is 2. The molecule has 1 aromatic heterocycles. The van der Waals surface area contributed by atoms with E-state index >= 15 is 0 Å². The second-order valence-electron chi connectivity index (χ2n) is 5.88. The minimum atomic E-state index is -0.494. The molecule has 0 aliphatic heterocycles. The Hall–Kier alpha value is -1.86. The third kappa shape index (κ3) is 5.07. The number of methoxy groups -OCH3 is 1. The summed E-state index contributed by atoms with van der Waals surface area (Å²) in [6.45, 7) is 5.88. The van der Waals surface area contributed by atoms with Crippen LogP contribution in [-0.2, 0) is 20.9 Å². The summed E-state index contributed by atoms with van der Waals surface area (Å²) in [4.78, 5) is 11.9. The van der Waals surface area contributed by atoms with E-state index in [2.05, 4.69) is 10.2 Å². The van der Waals surface area contributed by atoms with Gasteiger partial charge in [-0.3, -0.25) is 9.36 Å². The number of hydrogen-bond donors (Lipinski definition) is 0. The van der Waals surface area contributed by atoms with Crippen molar-refractivity contribution in [3.63, 3.8) is 0 Å². The summed E-state index contributed by atoms with van der Waals surface area (Å²) in [5.74, 6) is 0.582. The summed E-state index contributed by atoms with van der Waals surface area (Å²) < 4.78 is 12.4. The van der Waals surface area contributed by atoms with Gasteiger partial charge >= 0.3 is 5.97 Å². The van der Waals surface area contributed by atoms with Crippen molar-refractivity contribution in [1.82, 2.24) is 14.8 Å². The van der Waals surface area contributed by atoms with E-state index in [9.17, 15) is 4.79 Å². The molecule has 1 aromatic carbocycles. The van der Waals surface area contributed by atoms with Crippen LogP contribution in [0.15, 0.2) is 35.5 Å². The van der Waals surface area contributed by atoms with Crippen LogP contribution in [0.25, 0.3) is 5.69 Å². The first-order valence-electron chi connectivity index (χ1n) is 7.24. The van der Waals surface area contributed by atoms with Crippen LogP contribution in [0.1, 0.15) is 26.6 Å². The number of nitrogens with zero attached hydrogens (tertiary/aromatic N) is 3.